The van der Waals surface area contributed by atoms with Crippen LogP contribution in [-0.4, -0.2) is 5.91 Å². The van der Waals surface area contributed by atoms with Crippen LogP contribution in [0.2, 0.25) is 0 Å². The number of rotatable bonds is 1. The number of hydrogen-bond donors (Lipinski definition) is 2. The summed E-state index contributed by atoms with van der Waals surface area (Å²) in [5, 5.41) is 2.06. The molecule has 16 heavy (non-hydrogen) atoms. The lowest BCUT2D eigenvalue weighted by Gasteiger charge is -2.03. The molecule has 0 aliphatic carbocycles. The van der Waals surface area contributed by atoms with Crippen molar-refractivity contribution in [1.29, 1.82) is 0 Å². The van der Waals surface area contributed by atoms with Crippen molar-refractivity contribution < 1.29 is 9.63 Å². The van der Waals surface area contributed by atoms with Crippen molar-refractivity contribution in [3.8, 4) is 5.75 Å². The molecule has 3 N–H and O–H groups in total. The van der Waals surface area contributed by atoms with E-state index < -0.39 is 11.9 Å². The lowest BCUT2D eigenvalue weighted by atomic mass is 10.0. The zero-order valence-corrected chi connectivity index (χ0v) is 8.44. The third kappa shape index (κ3) is 1.17. The molecule has 4 nitrogen and oxygen atoms in total. The summed E-state index contributed by atoms with van der Waals surface area (Å²) < 4.78 is 0. The molecule has 2 aromatic rings. The van der Waals surface area contributed by atoms with Gasteiger partial charge in [-0.2, -0.15) is 0 Å². The second-order valence-electron chi connectivity index (χ2n) is 3.76. The molecule has 0 spiro atoms. The average molecular weight is 214 g/mol. The molecule has 80 valence electrons. The van der Waals surface area contributed by atoms with Crippen LogP contribution in [-0.2, 0) is 4.79 Å². The Morgan fingerprint density at radius 2 is 2.06 bits per heavy atom. The van der Waals surface area contributed by atoms with E-state index in [9.17, 15) is 4.79 Å². The molecular weight excluding hydrogens is 204 g/mol. The maximum absolute atomic E-state index is 11.2. The van der Waals surface area contributed by atoms with Crippen molar-refractivity contribution in [1.82, 2.24) is 5.48 Å². The smallest absolute Gasteiger partial charge is 0.242 e. The summed E-state index contributed by atoms with van der Waals surface area (Å²) in [4.78, 5) is 16.5. The van der Waals surface area contributed by atoms with Crippen LogP contribution in [0.3, 0.4) is 0 Å². The number of nitrogens with two attached hydrogens (primary N) is 1. The summed E-state index contributed by atoms with van der Waals surface area (Å²) in [7, 11) is 0. The van der Waals surface area contributed by atoms with E-state index in [1.807, 2.05) is 36.4 Å². The molecule has 0 aromatic heterocycles. The van der Waals surface area contributed by atoms with E-state index in [0.29, 0.717) is 5.75 Å². The first kappa shape index (κ1) is 9.18. The fourth-order valence-electron chi connectivity index (χ4n) is 1.99. The molecule has 0 saturated carbocycles. The standard InChI is InChI=1S/C12H10N2O2/c13-12(15)10-9-6-5-7-3-1-2-4-8(7)11(9)16-14-10/h1-6,10,14H,(H2,13,15). The molecule has 2 aromatic carbocycles. The summed E-state index contributed by atoms with van der Waals surface area (Å²) in [6, 6.07) is 11.1. The second kappa shape index (κ2) is 3.21. The maximum Gasteiger partial charge on any atom is 0.242 e. The Hall–Kier alpha value is -2.07. The van der Waals surface area contributed by atoms with Crippen LogP contribution in [0.25, 0.3) is 10.8 Å². The molecule has 1 heterocycles. The summed E-state index contributed by atoms with van der Waals surface area (Å²) in [6.45, 7) is 0. The quantitative estimate of drug-likeness (QED) is 0.751. The largest absolute Gasteiger partial charge is 0.407 e. The van der Waals surface area contributed by atoms with Gasteiger partial charge in [-0.25, -0.2) is 0 Å². The zero-order valence-electron chi connectivity index (χ0n) is 8.44. The molecule has 1 amide bonds. The highest BCUT2D eigenvalue weighted by Gasteiger charge is 2.29. The van der Waals surface area contributed by atoms with Crippen LogP contribution in [0.5, 0.6) is 5.75 Å². The normalized spacial score (nSPS) is 18.1. The summed E-state index contributed by atoms with van der Waals surface area (Å²) >= 11 is 0. The fourth-order valence-corrected chi connectivity index (χ4v) is 1.99. The number of primary amides is 1. The van der Waals surface area contributed by atoms with Gasteiger partial charge in [-0.15, -0.1) is 5.48 Å². The topological polar surface area (TPSA) is 64.4 Å². The van der Waals surface area contributed by atoms with Gasteiger partial charge < -0.3 is 10.6 Å². The molecule has 1 aliphatic rings. The molecule has 1 aliphatic heterocycles. The minimum absolute atomic E-state index is 0.436. The first-order valence-electron chi connectivity index (χ1n) is 5.01. The van der Waals surface area contributed by atoms with Crippen molar-refractivity contribution in [3.05, 3.63) is 42.0 Å². The molecule has 4 heteroatoms. The van der Waals surface area contributed by atoms with E-state index in [-0.39, 0.29) is 0 Å². The van der Waals surface area contributed by atoms with Gasteiger partial charge in [0, 0.05) is 10.9 Å². The van der Waals surface area contributed by atoms with Gasteiger partial charge in [0.25, 0.3) is 0 Å². The van der Waals surface area contributed by atoms with E-state index in [2.05, 4.69) is 5.48 Å². The van der Waals surface area contributed by atoms with Gasteiger partial charge in [0.15, 0.2) is 5.75 Å². The second-order valence-corrected chi connectivity index (χ2v) is 3.76. The molecule has 1 unspecified atom stereocenters. The number of hydroxylamine groups is 1. The molecule has 1 atom stereocenters. The van der Waals surface area contributed by atoms with Crippen LogP contribution in [0.4, 0.5) is 0 Å². The van der Waals surface area contributed by atoms with Crippen molar-refractivity contribution >= 4 is 16.7 Å². The number of carbonyl (C=O) groups is 1. The van der Waals surface area contributed by atoms with E-state index in [0.717, 1.165) is 16.3 Å². The van der Waals surface area contributed by atoms with E-state index in [4.69, 9.17) is 10.6 Å². The van der Waals surface area contributed by atoms with Crippen molar-refractivity contribution in [3.63, 3.8) is 0 Å². The SMILES string of the molecule is NC(=O)C1NOc2c1ccc1ccccc21. The van der Waals surface area contributed by atoms with Crippen molar-refractivity contribution in [2.75, 3.05) is 0 Å². The van der Waals surface area contributed by atoms with Crippen LogP contribution in [0.1, 0.15) is 11.6 Å². The van der Waals surface area contributed by atoms with Gasteiger partial charge in [-0.3, -0.25) is 4.79 Å². The van der Waals surface area contributed by atoms with Crippen LogP contribution in [0, 0.1) is 0 Å². The number of amides is 1. The minimum Gasteiger partial charge on any atom is -0.407 e. The highest BCUT2D eigenvalue weighted by molar-refractivity contribution is 5.93. The molecule has 0 fully saturated rings. The van der Waals surface area contributed by atoms with Crippen molar-refractivity contribution in [2.45, 2.75) is 6.04 Å². The number of fused-ring (bicyclic) bond motifs is 3. The van der Waals surface area contributed by atoms with E-state index in [1.165, 1.54) is 0 Å². The zero-order chi connectivity index (χ0) is 11.1. The van der Waals surface area contributed by atoms with Gasteiger partial charge in [0.2, 0.25) is 5.91 Å². The van der Waals surface area contributed by atoms with Gasteiger partial charge in [0.05, 0.1) is 0 Å². The van der Waals surface area contributed by atoms with Crippen LogP contribution in [0.15, 0.2) is 36.4 Å². The van der Waals surface area contributed by atoms with Crippen LogP contribution < -0.4 is 16.1 Å². The van der Waals surface area contributed by atoms with Gasteiger partial charge in [0.1, 0.15) is 6.04 Å². The van der Waals surface area contributed by atoms with Gasteiger partial charge in [-0.05, 0) is 5.39 Å². The Morgan fingerprint density at radius 1 is 1.25 bits per heavy atom. The number of hydrogen-bond acceptors (Lipinski definition) is 3. The lowest BCUT2D eigenvalue weighted by molar-refractivity contribution is -0.121. The van der Waals surface area contributed by atoms with E-state index in [1.54, 1.807) is 0 Å². The number of carbonyl (C=O) groups excluding carboxylic acids is 1. The molecule has 3 rings (SSSR count). The Labute approximate surface area is 92.0 Å². The molecule has 0 bridgehead atoms. The molecule has 0 saturated heterocycles. The van der Waals surface area contributed by atoms with Crippen LogP contribution >= 0.6 is 0 Å². The average Bonchev–Trinajstić information content (AvgIpc) is 2.73. The first-order valence-corrected chi connectivity index (χ1v) is 5.01. The summed E-state index contributed by atoms with van der Waals surface area (Å²) in [6.07, 6.45) is 0. The van der Waals surface area contributed by atoms with Crippen molar-refractivity contribution in [2.24, 2.45) is 5.73 Å². The summed E-state index contributed by atoms with van der Waals surface area (Å²) in [5.41, 5.74) is 8.71. The maximum atomic E-state index is 11.2. The molecule has 0 radical (unpaired) electrons. The Bertz CT molecular complexity index is 580. The van der Waals surface area contributed by atoms with Gasteiger partial charge in [-0.1, -0.05) is 36.4 Å². The number of nitrogens with one attached hydrogen (secondary N) is 1. The predicted molar refractivity (Wildman–Crippen MR) is 59.6 cm³/mol. The Balaban J connectivity index is 2.26. The number of benzene rings is 2. The van der Waals surface area contributed by atoms with Gasteiger partial charge >= 0.3 is 0 Å². The third-order valence-corrected chi connectivity index (χ3v) is 2.78. The Kier molecular flexibility index (Phi) is 1.84. The highest BCUT2D eigenvalue weighted by atomic mass is 16.7. The predicted octanol–water partition coefficient (Wildman–Crippen LogP) is 1.26. The Morgan fingerprint density at radius 3 is 2.88 bits per heavy atom. The monoisotopic (exact) mass is 214 g/mol. The minimum atomic E-state index is -0.556. The first-order chi connectivity index (χ1) is 7.77. The van der Waals surface area contributed by atoms with E-state index >= 15 is 0 Å². The fraction of sp³-hybridized carbons (Fsp3) is 0.0833. The lowest BCUT2D eigenvalue weighted by Crippen LogP contribution is -2.30. The summed E-state index contributed by atoms with van der Waals surface area (Å²) in [5.74, 6) is 0.260. The highest BCUT2D eigenvalue weighted by Crippen LogP contribution is 2.37. The molecular formula is C12H10N2O2. The third-order valence-electron chi connectivity index (χ3n) is 2.78.